The third kappa shape index (κ3) is 5.32. The number of carbonyl (C=O) groups excluding carboxylic acids is 1. The van der Waals surface area contributed by atoms with Gasteiger partial charge in [0.15, 0.2) is 0 Å². The van der Waals surface area contributed by atoms with E-state index in [1.165, 1.54) is 6.08 Å². The molecule has 2 aromatic carbocycles. The number of carbonyl (C=O) groups is 1. The quantitative estimate of drug-likeness (QED) is 0.488. The van der Waals surface area contributed by atoms with Crippen LogP contribution in [0.5, 0.6) is 11.5 Å². The molecule has 4 heteroatoms. The Labute approximate surface area is 129 Å². The highest BCUT2D eigenvalue weighted by atomic mass is 16.5. The second kappa shape index (κ2) is 7.88. The summed E-state index contributed by atoms with van der Waals surface area (Å²) in [4.78, 5) is 11.5. The van der Waals surface area contributed by atoms with Crippen LogP contribution in [0.15, 0.2) is 54.6 Å². The van der Waals surface area contributed by atoms with Crippen LogP contribution in [0.4, 0.5) is 0 Å². The molecular formula is C18H18O4. The lowest BCUT2D eigenvalue weighted by atomic mass is 10.1. The average Bonchev–Trinajstić information content (AvgIpc) is 2.53. The van der Waals surface area contributed by atoms with Gasteiger partial charge in [-0.15, -0.1) is 0 Å². The smallest absolute Gasteiger partial charge is 0.330 e. The van der Waals surface area contributed by atoms with Gasteiger partial charge in [0.1, 0.15) is 11.5 Å². The molecule has 0 aliphatic rings. The number of phenolic OH excluding ortho intramolecular Hbond substituents is 2. The minimum absolute atomic E-state index is 0.189. The molecule has 2 aromatic rings. The largest absolute Gasteiger partial charge is 0.508 e. The Balaban J connectivity index is 1.69. The number of phenols is 2. The normalized spacial score (nSPS) is 10.7. The Morgan fingerprint density at radius 1 is 0.955 bits per heavy atom. The summed E-state index contributed by atoms with van der Waals surface area (Å²) in [6, 6.07) is 13.5. The molecule has 4 nitrogen and oxygen atoms in total. The zero-order valence-electron chi connectivity index (χ0n) is 12.1. The lowest BCUT2D eigenvalue weighted by Gasteiger charge is -2.03. The zero-order chi connectivity index (χ0) is 15.8. The lowest BCUT2D eigenvalue weighted by Crippen LogP contribution is -2.03. The van der Waals surface area contributed by atoms with E-state index in [1.807, 2.05) is 12.1 Å². The first kappa shape index (κ1) is 15.6. The van der Waals surface area contributed by atoms with Crippen molar-refractivity contribution in [2.24, 2.45) is 0 Å². The lowest BCUT2D eigenvalue weighted by molar-refractivity contribution is -0.137. The van der Waals surface area contributed by atoms with Gasteiger partial charge in [0, 0.05) is 6.08 Å². The van der Waals surface area contributed by atoms with Crippen LogP contribution in [0.2, 0.25) is 0 Å². The number of esters is 1. The fourth-order valence-corrected chi connectivity index (χ4v) is 1.91. The maximum absolute atomic E-state index is 11.5. The van der Waals surface area contributed by atoms with E-state index < -0.39 is 5.97 Å². The molecule has 0 heterocycles. The first-order valence-corrected chi connectivity index (χ1v) is 7.05. The number of benzene rings is 2. The number of aromatic hydroxyl groups is 2. The molecule has 2 N–H and O–H groups in total. The summed E-state index contributed by atoms with van der Waals surface area (Å²) >= 11 is 0. The molecule has 0 bridgehead atoms. The Kier molecular flexibility index (Phi) is 5.60. The number of hydrogen-bond acceptors (Lipinski definition) is 4. The molecule has 22 heavy (non-hydrogen) atoms. The van der Waals surface area contributed by atoms with Gasteiger partial charge < -0.3 is 14.9 Å². The third-order valence-electron chi connectivity index (χ3n) is 3.10. The van der Waals surface area contributed by atoms with Crippen LogP contribution >= 0.6 is 0 Å². The second-order valence-electron chi connectivity index (χ2n) is 4.86. The molecule has 2 rings (SSSR count). The van der Waals surface area contributed by atoms with E-state index in [9.17, 15) is 9.90 Å². The maximum Gasteiger partial charge on any atom is 0.330 e. The van der Waals surface area contributed by atoms with E-state index in [4.69, 9.17) is 9.84 Å². The predicted octanol–water partition coefficient (Wildman–Crippen LogP) is 3.29. The van der Waals surface area contributed by atoms with Crippen molar-refractivity contribution >= 4 is 12.0 Å². The van der Waals surface area contributed by atoms with Crippen LogP contribution in [-0.2, 0) is 16.0 Å². The minimum atomic E-state index is -0.390. The Morgan fingerprint density at radius 3 is 2.18 bits per heavy atom. The van der Waals surface area contributed by atoms with Crippen LogP contribution in [0.3, 0.4) is 0 Å². The molecule has 0 spiro atoms. The molecule has 0 radical (unpaired) electrons. The van der Waals surface area contributed by atoms with Gasteiger partial charge in [-0.25, -0.2) is 4.79 Å². The van der Waals surface area contributed by atoms with Gasteiger partial charge in [-0.2, -0.15) is 0 Å². The number of aryl methyl sites for hydroxylation is 1. The topological polar surface area (TPSA) is 66.8 Å². The summed E-state index contributed by atoms with van der Waals surface area (Å²) in [5.74, 6) is 0.0438. The van der Waals surface area contributed by atoms with Crippen LogP contribution in [-0.4, -0.2) is 22.8 Å². The minimum Gasteiger partial charge on any atom is -0.508 e. The third-order valence-corrected chi connectivity index (χ3v) is 3.10. The standard InChI is InChI=1S/C18H18O4/c19-16-8-3-14(4-9-16)2-1-13-22-18(21)12-7-15-5-10-17(20)11-6-15/h3-12,19-20H,1-2,13H2. The molecule has 0 unspecified atom stereocenters. The Bertz CT molecular complexity index is 627. The van der Waals surface area contributed by atoms with Gasteiger partial charge in [0.05, 0.1) is 6.61 Å². The van der Waals surface area contributed by atoms with Gasteiger partial charge in [-0.05, 0) is 54.3 Å². The zero-order valence-corrected chi connectivity index (χ0v) is 12.1. The summed E-state index contributed by atoms with van der Waals surface area (Å²) in [6.07, 6.45) is 4.52. The molecule has 0 saturated carbocycles. The molecular weight excluding hydrogens is 280 g/mol. The van der Waals surface area contributed by atoms with Crippen molar-refractivity contribution in [1.29, 1.82) is 0 Å². The van der Waals surface area contributed by atoms with Crippen LogP contribution in [0.25, 0.3) is 6.08 Å². The fourth-order valence-electron chi connectivity index (χ4n) is 1.91. The van der Waals surface area contributed by atoms with E-state index in [2.05, 4.69) is 0 Å². The monoisotopic (exact) mass is 298 g/mol. The van der Waals surface area contributed by atoms with Crippen LogP contribution in [0, 0.1) is 0 Å². The van der Waals surface area contributed by atoms with Crippen molar-refractivity contribution < 1.29 is 19.7 Å². The molecule has 0 aromatic heterocycles. The summed E-state index contributed by atoms with van der Waals surface area (Å²) in [5, 5.41) is 18.3. The van der Waals surface area contributed by atoms with Crippen molar-refractivity contribution in [2.75, 3.05) is 6.61 Å². The van der Waals surface area contributed by atoms with Crippen molar-refractivity contribution in [3.05, 3.63) is 65.7 Å². The van der Waals surface area contributed by atoms with Gasteiger partial charge in [-0.3, -0.25) is 0 Å². The summed E-state index contributed by atoms with van der Waals surface area (Å²) in [7, 11) is 0. The van der Waals surface area contributed by atoms with Gasteiger partial charge in [0.2, 0.25) is 0 Å². The number of ether oxygens (including phenoxy) is 1. The molecule has 114 valence electrons. The molecule has 0 aliphatic heterocycles. The summed E-state index contributed by atoms with van der Waals surface area (Å²) in [5.41, 5.74) is 1.91. The molecule has 0 amide bonds. The predicted molar refractivity (Wildman–Crippen MR) is 84.5 cm³/mol. The van der Waals surface area contributed by atoms with Gasteiger partial charge in [0.25, 0.3) is 0 Å². The van der Waals surface area contributed by atoms with Crippen molar-refractivity contribution in [2.45, 2.75) is 12.8 Å². The highest BCUT2D eigenvalue weighted by Crippen LogP contribution is 2.12. The van der Waals surface area contributed by atoms with Crippen molar-refractivity contribution in [3.63, 3.8) is 0 Å². The molecule has 0 fully saturated rings. The first-order chi connectivity index (χ1) is 10.6. The molecule has 0 saturated heterocycles. The fraction of sp³-hybridized carbons (Fsp3) is 0.167. The van der Waals surface area contributed by atoms with Crippen LogP contribution < -0.4 is 0 Å². The van der Waals surface area contributed by atoms with E-state index in [-0.39, 0.29) is 11.5 Å². The van der Waals surface area contributed by atoms with Crippen LogP contribution in [0.1, 0.15) is 17.5 Å². The summed E-state index contributed by atoms with van der Waals surface area (Å²) < 4.78 is 5.11. The van der Waals surface area contributed by atoms with Crippen molar-refractivity contribution in [1.82, 2.24) is 0 Å². The Morgan fingerprint density at radius 2 is 1.55 bits per heavy atom. The molecule has 0 atom stereocenters. The van der Waals surface area contributed by atoms with E-state index in [0.717, 1.165) is 24.0 Å². The summed E-state index contributed by atoms with van der Waals surface area (Å²) in [6.45, 7) is 0.347. The van der Waals surface area contributed by atoms with Gasteiger partial charge in [-0.1, -0.05) is 24.3 Å². The first-order valence-electron chi connectivity index (χ1n) is 7.05. The molecule has 0 aliphatic carbocycles. The second-order valence-corrected chi connectivity index (χ2v) is 4.86. The van der Waals surface area contributed by atoms with E-state index in [1.54, 1.807) is 42.5 Å². The number of rotatable bonds is 6. The maximum atomic E-state index is 11.5. The van der Waals surface area contributed by atoms with E-state index >= 15 is 0 Å². The Hall–Kier alpha value is -2.75. The number of hydrogen-bond donors (Lipinski definition) is 2. The van der Waals surface area contributed by atoms with Crippen molar-refractivity contribution in [3.8, 4) is 11.5 Å². The van der Waals surface area contributed by atoms with E-state index in [0.29, 0.717) is 6.61 Å². The SMILES string of the molecule is O=C(C=Cc1ccc(O)cc1)OCCCc1ccc(O)cc1. The highest BCUT2D eigenvalue weighted by molar-refractivity contribution is 5.87. The highest BCUT2D eigenvalue weighted by Gasteiger charge is 1.99. The average molecular weight is 298 g/mol. The van der Waals surface area contributed by atoms with Gasteiger partial charge >= 0.3 is 5.97 Å².